The highest BCUT2D eigenvalue weighted by atomic mass is 16.7. The van der Waals surface area contributed by atoms with Crippen LogP contribution in [0.2, 0.25) is 0 Å². The number of hydroxylamine groups is 2. The molecule has 0 amide bonds. The first-order valence-corrected chi connectivity index (χ1v) is 7.66. The molecule has 0 unspecified atom stereocenters. The van der Waals surface area contributed by atoms with Crippen molar-refractivity contribution < 1.29 is 9.63 Å². The number of carbonyl (C=O) groups is 1. The van der Waals surface area contributed by atoms with Crippen LogP contribution in [-0.2, 0) is 9.63 Å². The van der Waals surface area contributed by atoms with E-state index in [0.717, 1.165) is 16.8 Å². The summed E-state index contributed by atoms with van der Waals surface area (Å²) in [4.78, 5) is 22.0. The zero-order valence-electron chi connectivity index (χ0n) is 13.6. The van der Waals surface area contributed by atoms with Crippen LogP contribution in [0.5, 0.6) is 0 Å². The quantitative estimate of drug-likeness (QED) is 0.867. The Kier molecular flexibility index (Phi) is 4.01. The molecule has 0 fully saturated rings. The Balaban J connectivity index is 2.08. The van der Waals surface area contributed by atoms with Gasteiger partial charge in [-0.15, -0.1) is 0 Å². The fraction of sp³-hybridized carbons (Fsp3) is 0.263. The van der Waals surface area contributed by atoms with E-state index in [9.17, 15) is 4.79 Å². The smallest absolute Gasteiger partial charge is 0.322 e. The summed E-state index contributed by atoms with van der Waals surface area (Å²) in [7, 11) is 0. The average molecular weight is 308 g/mol. The number of rotatable bonds is 3. The van der Waals surface area contributed by atoms with Gasteiger partial charge >= 0.3 is 5.97 Å². The van der Waals surface area contributed by atoms with Crippen molar-refractivity contribution in [3.05, 3.63) is 71.8 Å². The Labute approximate surface area is 136 Å². The lowest BCUT2D eigenvalue weighted by molar-refractivity contribution is -0.214. The molecular weight excluding hydrogens is 288 g/mol. The zero-order valence-corrected chi connectivity index (χ0v) is 13.6. The van der Waals surface area contributed by atoms with Crippen LogP contribution in [0.4, 0.5) is 0 Å². The first kappa shape index (κ1) is 15.4. The predicted molar refractivity (Wildman–Crippen MR) is 89.8 cm³/mol. The van der Waals surface area contributed by atoms with Gasteiger partial charge in [-0.3, -0.25) is 9.79 Å². The van der Waals surface area contributed by atoms with E-state index < -0.39 is 5.54 Å². The first-order chi connectivity index (χ1) is 11.0. The summed E-state index contributed by atoms with van der Waals surface area (Å²) in [5, 5.41) is 1.69. The minimum absolute atomic E-state index is 0.342. The lowest BCUT2D eigenvalue weighted by Gasteiger charge is -2.33. The van der Waals surface area contributed by atoms with Crippen LogP contribution in [0.15, 0.2) is 65.7 Å². The third-order valence-corrected chi connectivity index (χ3v) is 3.98. The third kappa shape index (κ3) is 2.90. The molecule has 1 aliphatic rings. The SMILES string of the molecule is CC(=O)ON1[C@H](c2ccccc2)N=C(c2ccccc2)C1(C)C. The molecule has 0 saturated carbocycles. The van der Waals surface area contributed by atoms with Gasteiger partial charge in [0.15, 0.2) is 6.17 Å². The van der Waals surface area contributed by atoms with Crippen LogP contribution in [0, 0.1) is 0 Å². The average Bonchev–Trinajstić information content (AvgIpc) is 2.80. The fourth-order valence-corrected chi connectivity index (χ4v) is 2.90. The van der Waals surface area contributed by atoms with Gasteiger partial charge in [0.1, 0.15) is 0 Å². The fourth-order valence-electron chi connectivity index (χ4n) is 2.90. The van der Waals surface area contributed by atoms with E-state index >= 15 is 0 Å². The summed E-state index contributed by atoms with van der Waals surface area (Å²) in [6, 6.07) is 19.9. The topological polar surface area (TPSA) is 41.9 Å². The molecule has 0 aliphatic carbocycles. The summed E-state index contributed by atoms with van der Waals surface area (Å²) < 4.78 is 0. The summed E-state index contributed by atoms with van der Waals surface area (Å²) >= 11 is 0. The number of benzene rings is 2. The van der Waals surface area contributed by atoms with E-state index in [1.165, 1.54) is 6.92 Å². The molecule has 0 aromatic heterocycles. The summed E-state index contributed by atoms with van der Waals surface area (Å²) in [6.45, 7) is 5.45. The highest BCUT2D eigenvalue weighted by molar-refractivity contribution is 6.08. The maximum absolute atomic E-state index is 11.6. The second-order valence-corrected chi connectivity index (χ2v) is 6.10. The summed E-state index contributed by atoms with van der Waals surface area (Å²) in [5.41, 5.74) is 2.42. The molecule has 0 N–H and O–H groups in total. The van der Waals surface area contributed by atoms with Crippen molar-refractivity contribution in [1.82, 2.24) is 5.06 Å². The predicted octanol–water partition coefficient (Wildman–Crippen LogP) is 3.75. The van der Waals surface area contributed by atoms with Gasteiger partial charge in [0.25, 0.3) is 0 Å². The number of hydrogen-bond donors (Lipinski definition) is 0. The van der Waals surface area contributed by atoms with Crippen molar-refractivity contribution in [3.63, 3.8) is 0 Å². The Morgan fingerprint density at radius 1 is 1.04 bits per heavy atom. The molecule has 23 heavy (non-hydrogen) atoms. The molecule has 2 aromatic rings. The first-order valence-electron chi connectivity index (χ1n) is 7.66. The molecule has 0 saturated heterocycles. The van der Waals surface area contributed by atoms with Gasteiger partial charge in [-0.1, -0.05) is 65.7 Å². The molecule has 4 nitrogen and oxygen atoms in total. The maximum atomic E-state index is 11.6. The van der Waals surface area contributed by atoms with Gasteiger partial charge in [0.2, 0.25) is 0 Å². The van der Waals surface area contributed by atoms with E-state index in [-0.39, 0.29) is 12.1 Å². The Morgan fingerprint density at radius 3 is 2.17 bits per heavy atom. The van der Waals surface area contributed by atoms with E-state index in [1.54, 1.807) is 5.06 Å². The minimum atomic E-state index is -0.520. The second kappa shape index (κ2) is 5.97. The second-order valence-electron chi connectivity index (χ2n) is 6.10. The highest BCUT2D eigenvalue weighted by Crippen LogP contribution is 2.39. The molecule has 0 spiro atoms. The van der Waals surface area contributed by atoms with Gasteiger partial charge in [-0.25, -0.2) is 0 Å². The van der Waals surface area contributed by atoms with Crippen molar-refractivity contribution in [1.29, 1.82) is 0 Å². The maximum Gasteiger partial charge on any atom is 0.322 e. The van der Waals surface area contributed by atoms with Crippen molar-refractivity contribution >= 4 is 11.7 Å². The summed E-state index contributed by atoms with van der Waals surface area (Å²) in [6.07, 6.45) is -0.342. The van der Waals surface area contributed by atoms with Crippen LogP contribution in [0.25, 0.3) is 0 Å². The van der Waals surface area contributed by atoms with Gasteiger partial charge in [-0.2, -0.15) is 0 Å². The van der Waals surface area contributed by atoms with E-state index in [0.29, 0.717) is 0 Å². The molecule has 1 heterocycles. The van der Waals surface area contributed by atoms with Crippen molar-refractivity contribution in [3.8, 4) is 0 Å². The van der Waals surface area contributed by atoms with Crippen molar-refractivity contribution in [2.75, 3.05) is 0 Å². The molecule has 3 rings (SSSR count). The Morgan fingerprint density at radius 2 is 1.61 bits per heavy atom. The minimum Gasteiger partial charge on any atom is -0.365 e. The number of aliphatic imine (C=N–C) groups is 1. The molecule has 118 valence electrons. The molecule has 0 bridgehead atoms. The molecular formula is C19H20N2O2. The largest absolute Gasteiger partial charge is 0.365 e. The number of hydrogen-bond acceptors (Lipinski definition) is 4. The van der Waals surface area contributed by atoms with E-state index in [4.69, 9.17) is 9.83 Å². The summed E-state index contributed by atoms with van der Waals surface area (Å²) in [5.74, 6) is -0.344. The lowest BCUT2D eigenvalue weighted by atomic mass is 9.93. The van der Waals surface area contributed by atoms with Gasteiger partial charge in [0.05, 0.1) is 11.3 Å². The Hall–Kier alpha value is -2.46. The van der Waals surface area contributed by atoms with Gasteiger partial charge in [-0.05, 0) is 25.0 Å². The van der Waals surface area contributed by atoms with Crippen LogP contribution < -0.4 is 0 Å². The monoisotopic (exact) mass is 308 g/mol. The number of nitrogens with zero attached hydrogens (tertiary/aromatic N) is 2. The van der Waals surface area contributed by atoms with E-state index in [2.05, 4.69) is 0 Å². The third-order valence-electron chi connectivity index (χ3n) is 3.98. The normalized spacial score (nSPS) is 20.1. The van der Waals surface area contributed by atoms with Crippen molar-refractivity contribution in [2.24, 2.45) is 4.99 Å². The van der Waals surface area contributed by atoms with Crippen LogP contribution in [0.1, 0.15) is 38.1 Å². The Bertz CT molecular complexity index is 724. The van der Waals surface area contributed by atoms with Gasteiger partial charge in [0, 0.05) is 6.92 Å². The van der Waals surface area contributed by atoms with Gasteiger partial charge < -0.3 is 4.84 Å². The van der Waals surface area contributed by atoms with Crippen molar-refractivity contribution in [2.45, 2.75) is 32.5 Å². The molecule has 1 atom stereocenters. The molecule has 1 aliphatic heterocycles. The molecule has 4 heteroatoms. The van der Waals surface area contributed by atoms with Crippen LogP contribution in [0.3, 0.4) is 0 Å². The standard InChI is InChI=1S/C19H20N2O2/c1-14(22)23-21-18(16-12-8-5-9-13-16)20-17(19(21,2)3)15-10-6-4-7-11-15/h4-13,18H,1-3H3/t18-/m1/s1. The number of carbonyl (C=O) groups excluding carboxylic acids is 1. The van der Waals surface area contributed by atoms with Crippen LogP contribution in [-0.4, -0.2) is 22.3 Å². The molecule has 0 radical (unpaired) electrons. The lowest BCUT2D eigenvalue weighted by Crippen LogP contribution is -2.47. The van der Waals surface area contributed by atoms with E-state index in [1.807, 2.05) is 74.5 Å². The highest BCUT2D eigenvalue weighted by Gasteiger charge is 2.46. The zero-order chi connectivity index (χ0) is 16.4. The molecule has 2 aromatic carbocycles. The van der Waals surface area contributed by atoms with Crippen LogP contribution >= 0.6 is 0 Å².